The summed E-state index contributed by atoms with van der Waals surface area (Å²) in [5, 5.41) is 4.11. The zero-order valence-corrected chi connectivity index (χ0v) is 26.2. The highest BCUT2D eigenvalue weighted by molar-refractivity contribution is 8.33. The number of hydrogen-bond donors (Lipinski definition) is 1. The molecule has 1 aromatic heterocycles. The van der Waals surface area contributed by atoms with Crippen molar-refractivity contribution in [2.24, 2.45) is 0 Å². The fraction of sp³-hybridized carbons (Fsp3) is 0.167. The van der Waals surface area contributed by atoms with Gasteiger partial charge >= 0.3 is 33.4 Å². The summed E-state index contributed by atoms with van der Waals surface area (Å²) in [6.07, 6.45) is -7.33. The van der Waals surface area contributed by atoms with E-state index in [1.54, 1.807) is 12.1 Å². The molecule has 0 saturated carbocycles. The summed E-state index contributed by atoms with van der Waals surface area (Å²) in [7, 11) is -11.3. The molecule has 18 heteroatoms. The first-order chi connectivity index (χ1) is 22.3. The summed E-state index contributed by atoms with van der Waals surface area (Å²) in [6.45, 7) is 0. The molecule has 0 aliphatic carbocycles. The van der Waals surface area contributed by atoms with Crippen LogP contribution in [0.4, 0.5) is 39.5 Å². The molecule has 4 aromatic carbocycles. The van der Waals surface area contributed by atoms with Crippen LogP contribution in [-0.2, 0) is 13.7 Å². The molecular formula is C30H19F9O6S3. The van der Waals surface area contributed by atoms with E-state index < -0.39 is 80.7 Å². The topological polar surface area (TPSA) is 89.9 Å². The maximum absolute atomic E-state index is 15.3. The summed E-state index contributed by atoms with van der Waals surface area (Å²) in [4.78, 5) is 11.9. The highest BCUT2D eigenvalue weighted by Crippen LogP contribution is 2.75. The predicted molar refractivity (Wildman–Crippen MR) is 160 cm³/mol. The SMILES string of the molecule is COc1cc2sc3ccccc3c(=O)c2c(O)c1S(OS(=O)(=O)C(F)(F)C(F)(F)C(F)(F)C(F)(F)F)(c1ccccc1)c1ccccc1. The van der Waals surface area contributed by atoms with E-state index in [4.69, 9.17) is 8.37 Å². The van der Waals surface area contributed by atoms with Gasteiger partial charge in [0.25, 0.3) is 0 Å². The molecule has 0 aliphatic rings. The van der Waals surface area contributed by atoms with Crippen LogP contribution in [0.5, 0.6) is 11.5 Å². The van der Waals surface area contributed by atoms with Gasteiger partial charge in [-0.3, -0.25) is 4.79 Å². The van der Waals surface area contributed by atoms with Crippen LogP contribution in [0, 0.1) is 0 Å². The third-order valence-corrected chi connectivity index (χ3v) is 13.4. The van der Waals surface area contributed by atoms with Gasteiger partial charge in [0.1, 0.15) is 16.4 Å². The molecule has 0 unspecified atom stereocenters. The number of phenols is 1. The molecule has 0 amide bonds. The molecule has 256 valence electrons. The molecule has 1 heterocycles. The van der Waals surface area contributed by atoms with Crippen molar-refractivity contribution in [1.29, 1.82) is 0 Å². The minimum absolute atomic E-state index is 0.0239. The van der Waals surface area contributed by atoms with Gasteiger partial charge in [-0.2, -0.15) is 47.9 Å². The largest absolute Gasteiger partial charge is 0.506 e. The van der Waals surface area contributed by atoms with Crippen LogP contribution in [0.25, 0.3) is 20.2 Å². The lowest BCUT2D eigenvalue weighted by molar-refractivity contribution is -0.382. The first-order valence-corrected chi connectivity index (χ1v) is 16.9. The molecule has 0 aliphatic heterocycles. The Morgan fingerprint density at radius 1 is 0.708 bits per heavy atom. The maximum atomic E-state index is 15.3. The number of ether oxygens (including phenoxy) is 1. The van der Waals surface area contributed by atoms with Gasteiger partial charge in [0.2, 0.25) is 0 Å². The lowest BCUT2D eigenvalue weighted by Crippen LogP contribution is -2.63. The molecular weight excluding hydrogens is 724 g/mol. The van der Waals surface area contributed by atoms with Gasteiger partial charge in [0, 0.05) is 24.6 Å². The average Bonchev–Trinajstić information content (AvgIpc) is 3.03. The Kier molecular flexibility index (Phi) is 8.72. The molecule has 48 heavy (non-hydrogen) atoms. The van der Waals surface area contributed by atoms with Crippen LogP contribution >= 0.6 is 21.6 Å². The predicted octanol–water partition coefficient (Wildman–Crippen LogP) is 9.10. The molecule has 5 rings (SSSR count). The minimum Gasteiger partial charge on any atom is -0.506 e. The minimum atomic E-state index is -7.62. The quantitative estimate of drug-likeness (QED) is 0.120. The Hall–Kier alpha value is -4.00. The standard InChI is InChI=1S/C30H19F9O6S3/c1-44-20-16-22-23(24(40)19-14-8-9-15-21(19)46-22)25(41)26(20)47(17-10-4-2-5-11-17,18-12-6-3-7-13-18)45-48(42,43)30(38,39)28(33,34)27(31,32)29(35,36)37/h2-16,41H,1H3. The molecule has 0 fully saturated rings. The first-order valence-electron chi connectivity index (χ1n) is 13.1. The van der Waals surface area contributed by atoms with Crippen molar-refractivity contribution < 1.29 is 61.4 Å². The van der Waals surface area contributed by atoms with Gasteiger partial charge in [-0.25, -0.2) is 3.63 Å². The number of hydrogen-bond acceptors (Lipinski definition) is 7. The summed E-state index contributed by atoms with van der Waals surface area (Å²) >= 11 is 0.947. The van der Waals surface area contributed by atoms with Crippen molar-refractivity contribution in [2.75, 3.05) is 7.11 Å². The van der Waals surface area contributed by atoms with Gasteiger partial charge in [0.05, 0.1) is 12.5 Å². The van der Waals surface area contributed by atoms with Crippen LogP contribution in [0.15, 0.2) is 110 Å². The highest BCUT2D eigenvalue weighted by Gasteiger charge is 2.86. The van der Waals surface area contributed by atoms with E-state index >= 15 is 8.78 Å². The van der Waals surface area contributed by atoms with E-state index in [1.807, 2.05) is 0 Å². The van der Waals surface area contributed by atoms with Crippen molar-refractivity contribution in [3.8, 4) is 11.5 Å². The van der Waals surface area contributed by atoms with E-state index in [0.717, 1.165) is 48.8 Å². The van der Waals surface area contributed by atoms with Crippen molar-refractivity contribution in [1.82, 2.24) is 0 Å². The molecule has 0 radical (unpaired) electrons. The third-order valence-electron chi connectivity index (χ3n) is 7.04. The lowest BCUT2D eigenvalue weighted by atomic mass is 10.1. The van der Waals surface area contributed by atoms with E-state index in [9.17, 15) is 49.1 Å². The second-order valence-corrected chi connectivity index (χ2v) is 15.4. The monoisotopic (exact) mass is 742 g/mol. The smallest absolute Gasteiger partial charge is 0.460 e. The van der Waals surface area contributed by atoms with Gasteiger partial charge in [0.15, 0.2) is 5.43 Å². The van der Waals surface area contributed by atoms with Crippen LogP contribution in [0.2, 0.25) is 0 Å². The number of aromatic hydroxyl groups is 1. The van der Waals surface area contributed by atoms with Crippen LogP contribution < -0.4 is 10.2 Å². The number of benzene rings is 4. The zero-order chi connectivity index (χ0) is 35.5. The maximum Gasteiger partial charge on any atom is 0.460 e. The molecule has 0 saturated heterocycles. The summed E-state index contributed by atoms with van der Waals surface area (Å²) < 4.78 is 164. The van der Waals surface area contributed by atoms with Crippen molar-refractivity contribution in [2.45, 2.75) is 38.0 Å². The van der Waals surface area contributed by atoms with E-state index in [-0.39, 0.29) is 10.1 Å². The molecule has 0 atom stereocenters. The average molecular weight is 743 g/mol. The second-order valence-electron chi connectivity index (χ2n) is 9.92. The van der Waals surface area contributed by atoms with Crippen LogP contribution in [0.3, 0.4) is 0 Å². The van der Waals surface area contributed by atoms with Gasteiger partial charge in [-0.1, -0.05) is 48.5 Å². The number of methoxy groups -OCH3 is 1. The van der Waals surface area contributed by atoms with E-state index in [2.05, 4.69) is 0 Å². The van der Waals surface area contributed by atoms with Gasteiger partial charge in [-0.15, -0.1) is 11.3 Å². The number of alkyl halides is 9. The van der Waals surface area contributed by atoms with Crippen LogP contribution in [0.1, 0.15) is 0 Å². The number of phenolic OH excluding ortho intramolecular Hbond substituents is 1. The van der Waals surface area contributed by atoms with E-state index in [1.165, 1.54) is 48.5 Å². The van der Waals surface area contributed by atoms with Crippen molar-refractivity contribution in [3.05, 3.63) is 101 Å². The Balaban J connectivity index is 1.95. The summed E-state index contributed by atoms with van der Waals surface area (Å²) in [6, 6.07) is 18.9. The second kappa shape index (κ2) is 11.9. The lowest BCUT2D eigenvalue weighted by Gasteiger charge is -2.42. The van der Waals surface area contributed by atoms with Crippen LogP contribution in [-0.4, -0.2) is 43.9 Å². The third kappa shape index (κ3) is 5.16. The number of halogens is 9. The van der Waals surface area contributed by atoms with Gasteiger partial charge in [-0.05, 0) is 52.8 Å². The zero-order valence-electron chi connectivity index (χ0n) is 23.8. The first kappa shape index (κ1) is 35.3. The molecule has 5 aromatic rings. The molecule has 6 nitrogen and oxygen atoms in total. The molecule has 0 bridgehead atoms. The number of fused-ring (bicyclic) bond motifs is 2. The molecule has 1 N–H and O–H groups in total. The summed E-state index contributed by atoms with van der Waals surface area (Å²) in [5.41, 5.74) is -0.847. The van der Waals surface area contributed by atoms with Gasteiger partial charge < -0.3 is 9.84 Å². The highest BCUT2D eigenvalue weighted by atomic mass is 32.3. The Morgan fingerprint density at radius 2 is 1.21 bits per heavy atom. The van der Waals surface area contributed by atoms with E-state index in [0.29, 0.717) is 4.70 Å². The number of rotatable bonds is 9. The Labute approximate surface area is 270 Å². The Bertz CT molecular complexity index is 2130. The molecule has 0 spiro atoms. The fourth-order valence-electron chi connectivity index (χ4n) is 4.73. The normalized spacial score (nSPS) is 14.0. The summed E-state index contributed by atoms with van der Waals surface area (Å²) in [5.74, 6) is -16.8. The fourth-order valence-corrected chi connectivity index (χ4v) is 11.2. The Morgan fingerprint density at radius 3 is 1.71 bits per heavy atom. The van der Waals surface area contributed by atoms with Crippen molar-refractivity contribution in [3.63, 3.8) is 0 Å². The van der Waals surface area contributed by atoms with Crippen molar-refractivity contribution >= 4 is 51.9 Å².